The van der Waals surface area contributed by atoms with Gasteiger partial charge < -0.3 is 15.0 Å². The number of carbonyl (C=O) groups excluding carboxylic acids is 2. The summed E-state index contributed by atoms with van der Waals surface area (Å²) in [4.78, 5) is 26.2. The lowest BCUT2D eigenvalue weighted by atomic mass is 9.98. The van der Waals surface area contributed by atoms with Crippen molar-refractivity contribution < 1.29 is 14.3 Å². The van der Waals surface area contributed by atoms with Gasteiger partial charge in [0.15, 0.2) is 0 Å². The van der Waals surface area contributed by atoms with Crippen molar-refractivity contribution >= 4 is 17.6 Å². The number of nitrogens with one attached hydrogen (secondary N) is 1. The molecule has 24 heavy (non-hydrogen) atoms. The van der Waals surface area contributed by atoms with E-state index in [0.29, 0.717) is 26.1 Å². The lowest BCUT2D eigenvalue weighted by Gasteiger charge is -2.31. The zero-order valence-electron chi connectivity index (χ0n) is 14.9. The Morgan fingerprint density at radius 2 is 1.96 bits per heavy atom. The van der Waals surface area contributed by atoms with Crippen molar-refractivity contribution in [2.24, 2.45) is 5.92 Å². The summed E-state index contributed by atoms with van der Waals surface area (Å²) in [7, 11) is 0. The zero-order chi connectivity index (χ0) is 17.5. The van der Waals surface area contributed by atoms with Crippen LogP contribution in [0, 0.1) is 19.8 Å². The van der Waals surface area contributed by atoms with Gasteiger partial charge in [0.1, 0.15) is 0 Å². The molecule has 0 aliphatic carbocycles. The number of rotatable bonds is 6. The van der Waals surface area contributed by atoms with Gasteiger partial charge in [-0.05, 0) is 63.4 Å². The third kappa shape index (κ3) is 5.64. The Bertz CT molecular complexity index is 566. The van der Waals surface area contributed by atoms with Crippen molar-refractivity contribution in [2.45, 2.75) is 40.0 Å². The number of likely N-dealkylation sites (tertiary alicyclic amines) is 1. The molecule has 1 aromatic carbocycles. The highest BCUT2D eigenvalue weighted by Crippen LogP contribution is 2.18. The smallest absolute Gasteiger partial charge is 0.310 e. The Labute approximate surface area is 144 Å². The number of ether oxygens (including phenoxy) is 1. The van der Waals surface area contributed by atoms with Crippen molar-refractivity contribution in [1.29, 1.82) is 0 Å². The second-order valence-electron chi connectivity index (χ2n) is 6.57. The molecule has 0 bridgehead atoms. The molecule has 1 aliphatic heterocycles. The van der Waals surface area contributed by atoms with Gasteiger partial charge in [0.05, 0.1) is 12.5 Å². The summed E-state index contributed by atoms with van der Waals surface area (Å²) in [6.07, 6.45) is 2.29. The number of carbonyl (C=O) groups is 2. The largest absolute Gasteiger partial charge is 0.466 e. The summed E-state index contributed by atoms with van der Waals surface area (Å²) in [5, 5.41) is 2.96. The summed E-state index contributed by atoms with van der Waals surface area (Å²) >= 11 is 0. The molecular formula is C19H28N2O3. The summed E-state index contributed by atoms with van der Waals surface area (Å²) in [6.45, 7) is 8.59. The first kappa shape index (κ1) is 18.5. The molecule has 0 unspecified atom stereocenters. The van der Waals surface area contributed by atoms with Crippen molar-refractivity contribution in [3.8, 4) is 0 Å². The maximum Gasteiger partial charge on any atom is 0.310 e. The quantitative estimate of drug-likeness (QED) is 0.814. The van der Waals surface area contributed by atoms with Gasteiger partial charge in [-0.2, -0.15) is 0 Å². The molecule has 1 atom stereocenters. The average molecular weight is 332 g/mol. The topological polar surface area (TPSA) is 58.6 Å². The highest BCUT2D eigenvalue weighted by atomic mass is 16.5. The molecule has 0 radical (unpaired) electrons. The molecule has 1 N–H and O–H groups in total. The van der Waals surface area contributed by atoms with Crippen LogP contribution in [0.4, 0.5) is 5.69 Å². The van der Waals surface area contributed by atoms with E-state index in [-0.39, 0.29) is 17.8 Å². The minimum absolute atomic E-state index is 0.0123. The Morgan fingerprint density at radius 1 is 1.25 bits per heavy atom. The fraction of sp³-hybridized carbons (Fsp3) is 0.579. The second-order valence-corrected chi connectivity index (χ2v) is 6.57. The highest BCUT2D eigenvalue weighted by Gasteiger charge is 2.26. The van der Waals surface area contributed by atoms with Crippen molar-refractivity contribution in [1.82, 2.24) is 4.90 Å². The first-order valence-corrected chi connectivity index (χ1v) is 8.75. The van der Waals surface area contributed by atoms with Crippen LogP contribution in [0.1, 0.15) is 37.3 Å². The number of aryl methyl sites for hydroxylation is 2. The van der Waals surface area contributed by atoms with E-state index in [1.54, 1.807) is 0 Å². The summed E-state index contributed by atoms with van der Waals surface area (Å²) in [5.74, 6) is -0.152. The van der Waals surface area contributed by atoms with Crippen molar-refractivity contribution in [2.75, 3.05) is 31.6 Å². The lowest BCUT2D eigenvalue weighted by molar-refractivity contribution is -0.149. The molecule has 0 aromatic heterocycles. The molecule has 1 amide bonds. The van der Waals surface area contributed by atoms with Crippen LogP contribution in [0.3, 0.4) is 0 Å². The summed E-state index contributed by atoms with van der Waals surface area (Å²) < 4.78 is 5.11. The maximum atomic E-state index is 12.2. The molecule has 1 aliphatic rings. The van der Waals surface area contributed by atoms with E-state index in [2.05, 4.69) is 16.3 Å². The van der Waals surface area contributed by atoms with Gasteiger partial charge in [-0.3, -0.25) is 9.59 Å². The summed E-state index contributed by atoms with van der Waals surface area (Å²) in [6, 6.07) is 6.03. The minimum atomic E-state index is -0.109. The number of amides is 1. The van der Waals surface area contributed by atoms with Gasteiger partial charge >= 0.3 is 5.97 Å². The average Bonchev–Trinajstić information content (AvgIpc) is 2.52. The van der Waals surface area contributed by atoms with Gasteiger partial charge in [-0.15, -0.1) is 0 Å². The van der Waals surface area contributed by atoms with Crippen LogP contribution in [0.25, 0.3) is 0 Å². The Balaban J connectivity index is 1.79. The van der Waals surface area contributed by atoms with Crippen molar-refractivity contribution in [3.63, 3.8) is 0 Å². The van der Waals surface area contributed by atoms with Gasteiger partial charge in [0.25, 0.3) is 0 Å². The van der Waals surface area contributed by atoms with Crippen LogP contribution in [0.2, 0.25) is 0 Å². The number of hydrogen-bond donors (Lipinski definition) is 1. The Hall–Kier alpha value is -1.88. The third-order valence-electron chi connectivity index (χ3n) is 4.29. The molecular weight excluding hydrogens is 304 g/mol. The van der Waals surface area contributed by atoms with E-state index in [4.69, 9.17) is 4.74 Å². The van der Waals surface area contributed by atoms with E-state index in [1.807, 2.05) is 32.9 Å². The molecule has 132 valence electrons. The van der Waals surface area contributed by atoms with E-state index >= 15 is 0 Å². The maximum absolute atomic E-state index is 12.2. The Morgan fingerprint density at radius 3 is 2.62 bits per heavy atom. The predicted octanol–water partition coefficient (Wildman–Crippen LogP) is 2.91. The lowest BCUT2D eigenvalue weighted by Crippen LogP contribution is -2.40. The highest BCUT2D eigenvalue weighted by molar-refractivity contribution is 5.91. The van der Waals surface area contributed by atoms with Crippen LogP contribution in [-0.4, -0.2) is 43.0 Å². The van der Waals surface area contributed by atoms with E-state index in [9.17, 15) is 9.59 Å². The third-order valence-corrected chi connectivity index (χ3v) is 4.29. The van der Waals surface area contributed by atoms with Crippen molar-refractivity contribution in [3.05, 3.63) is 29.3 Å². The number of nitrogens with zero attached hydrogens (tertiary/aromatic N) is 1. The molecule has 1 fully saturated rings. The standard InChI is InChI=1S/C19H28N2O3/c1-4-24-19(23)16-6-5-8-21(13-16)9-7-18(22)20-17-11-14(2)10-15(3)12-17/h10-12,16H,4-9,13H2,1-3H3,(H,20,22)/t16-/m1/s1. The van der Waals surface area contributed by atoms with Crippen LogP contribution in [-0.2, 0) is 14.3 Å². The van der Waals surface area contributed by atoms with E-state index in [0.717, 1.165) is 36.2 Å². The minimum Gasteiger partial charge on any atom is -0.466 e. The van der Waals surface area contributed by atoms with Gasteiger partial charge in [-0.1, -0.05) is 6.07 Å². The molecule has 1 saturated heterocycles. The first-order chi connectivity index (χ1) is 11.5. The molecule has 0 spiro atoms. The number of esters is 1. The van der Waals surface area contributed by atoms with Crippen LogP contribution < -0.4 is 5.32 Å². The number of piperidine rings is 1. The first-order valence-electron chi connectivity index (χ1n) is 8.75. The van der Waals surface area contributed by atoms with Crippen LogP contribution in [0.5, 0.6) is 0 Å². The molecule has 5 heteroatoms. The molecule has 1 aromatic rings. The molecule has 1 heterocycles. The van der Waals surface area contributed by atoms with Crippen LogP contribution >= 0.6 is 0 Å². The van der Waals surface area contributed by atoms with Gasteiger partial charge in [0, 0.05) is 25.2 Å². The van der Waals surface area contributed by atoms with Crippen LogP contribution in [0.15, 0.2) is 18.2 Å². The fourth-order valence-corrected chi connectivity index (χ4v) is 3.24. The SMILES string of the molecule is CCOC(=O)[C@@H]1CCCN(CCC(=O)Nc2cc(C)cc(C)c2)C1. The van der Waals surface area contributed by atoms with E-state index < -0.39 is 0 Å². The predicted molar refractivity (Wildman–Crippen MR) is 95.0 cm³/mol. The van der Waals surface area contributed by atoms with Gasteiger partial charge in [0.2, 0.25) is 5.91 Å². The monoisotopic (exact) mass is 332 g/mol. The number of hydrogen-bond acceptors (Lipinski definition) is 4. The number of benzene rings is 1. The summed E-state index contributed by atoms with van der Waals surface area (Å²) in [5.41, 5.74) is 3.12. The molecule has 5 nitrogen and oxygen atoms in total. The van der Waals surface area contributed by atoms with Gasteiger partial charge in [-0.25, -0.2) is 0 Å². The van der Waals surface area contributed by atoms with E-state index in [1.165, 1.54) is 0 Å². The fourth-order valence-electron chi connectivity index (χ4n) is 3.24. The Kier molecular flexibility index (Phi) is 6.79. The normalized spacial score (nSPS) is 18.2. The molecule has 2 rings (SSSR count). The number of anilines is 1. The zero-order valence-corrected chi connectivity index (χ0v) is 14.9. The second kappa shape index (κ2) is 8.83. The molecule has 0 saturated carbocycles.